The van der Waals surface area contributed by atoms with Crippen LogP contribution >= 0.6 is 0 Å². The molecule has 0 radical (unpaired) electrons. The molecule has 0 saturated heterocycles. The fourth-order valence-electron chi connectivity index (χ4n) is 0.805. The molecule has 0 heterocycles. The minimum atomic E-state index is -0.466. The smallest absolute Gasteiger partial charge is 0.248 e. The number of nitrogens with two attached hydrogens (primary N) is 1. The predicted octanol–water partition coefficient (Wildman–Crippen LogP) is 0.116. The highest BCUT2D eigenvalue weighted by Gasteiger charge is 2.05. The molecule has 1 aliphatic rings. The summed E-state index contributed by atoms with van der Waals surface area (Å²) in [4.78, 5) is 20.6. The van der Waals surface area contributed by atoms with Crippen LogP contribution in [0, 0.1) is 0 Å². The standard InChI is InChI=1S/C8H7NO2/c9-8(11)7-3-1-6(5-10)2-4-7/h1,3-4H,2H2,(H2,9,11). The minimum Gasteiger partial charge on any atom is -0.366 e. The second-order valence-corrected chi connectivity index (χ2v) is 2.19. The summed E-state index contributed by atoms with van der Waals surface area (Å²) in [6, 6.07) is 0. The topological polar surface area (TPSA) is 60.2 Å². The third kappa shape index (κ3) is 1.66. The molecule has 1 rings (SSSR count). The van der Waals surface area contributed by atoms with Crippen molar-refractivity contribution in [3.8, 4) is 0 Å². The number of hydrogen-bond donors (Lipinski definition) is 1. The normalized spacial score (nSPS) is 15.6. The maximum atomic E-state index is 10.5. The number of rotatable bonds is 1. The average Bonchev–Trinajstić information content (AvgIpc) is 2.05. The second kappa shape index (κ2) is 2.99. The lowest BCUT2D eigenvalue weighted by atomic mass is 10.0. The van der Waals surface area contributed by atoms with Crippen molar-refractivity contribution in [1.82, 2.24) is 0 Å². The molecule has 0 spiro atoms. The van der Waals surface area contributed by atoms with Crippen molar-refractivity contribution in [2.75, 3.05) is 0 Å². The van der Waals surface area contributed by atoms with Crippen molar-refractivity contribution >= 4 is 11.8 Å². The molecule has 0 unspecified atom stereocenters. The second-order valence-electron chi connectivity index (χ2n) is 2.19. The highest BCUT2D eigenvalue weighted by molar-refractivity contribution is 5.95. The molecule has 0 aliphatic heterocycles. The Kier molecular flexibility index (Phi) is 2.04. The van der Waals surface area contributed by atoms with E-state index in [4.69, 9.17) is 5.73 Å². The molecule has 0 fully saturated rings. The maximum absolute atomic E-state index is 10.5. The summed E-state index contributed by atoms with van der Waals surface area (Å²) in [7, 11) is 0. The molecule has 0 saturated carbocycles. The highest BCUT2D eigenvalue weighted by atomic mass is 16.1. The van der Waals surface area contributed by atoms with Crippen LogP contribution in [0.15, 0.2) is 29.4 Å². The fourth-order valence-corrected chi connectivity index (χ4v) is 0.805. The van der Waals surface area contributed by atoms with Gasteiger partial charge < -0.3 is 5.73 Å². The van der Waals surface area contributed by atoms with Crippen molar-refractivity contribution in [3.63, 3.8) is 0 Å². The Labute approximate surface area is 63.9 Å². The zero-order valence-corrected chi connectivity index (χ0v) is 5.83. The van der Waals surface area contributed by atoms with Crippen LogP contribution in [0.2, 0.25) is 0 Å². The van der Waals surface area contributed by atoms with E-state index in [9.17, 15) is 9.59 Å². The van der Waals surface area contributed by atoms with Gasteiger partial charge in [-0.25, -0.2) is 4.79 Å². The van der Waals surface area contributed by atoms with Gasteiger partial charge in [-0.2, -0.15) is 0 Å². The molecule has 11 heavy (non-hydrogen) atoms. The largest absolute Gasteiger partial charge is 0.366 e. The maximum Gasteiger partial charge on any atom is 0.248 e. The van der Waals surface area contributed by atoms with E-state index in [2.05, 4.69) is 0 Å². The Hall–Kier alpha value is -1.60. The Bertz CT molecular complexity index is 293. The third-order valence-electron chi connectivity index (χ3n) is 1.42. The first-order valence-corrected chi connectivity index (χ1v) is 3.16. The van der Waals surface area contributed by atoms with Gasteiger partial charge >= 0.3 is 0 Å². The molecule has 0 aromatic rings. The van der Waals surface area contributed by atoms with E-state index in [1.165, 1.54) is 6.08 Å². The van der Waals surface area contributed by atoms with Crippen molar-refractivity contribution < 1.29 is 9.59 Å². The molecular formula is C8H7NO2. The molecule has 56 valence electrons. The zero-order valence-electron chi connectivity index (χ0n) is 5.83. The van der Waals surface area contributed by atoms with Gasteiger partial charge in [0, 0.05) is 17.6 Å². The van der Waals surface area contributed by atoms with Gasteiger partial charge in [0.15, 0.2) is 0 Å². The van der Waals surface area contributed by atoms with Gasteiger partial charge in [-0.3, -0.25) is 4.79 Å². The number of amides is 1. The van der Waals surface area contributed by atoms with Gasteiger partial charge in [0.2, 0.25) is 5.91 Å². The van der Waals surface area contributed by atoms with Crippen LogP contribution in [0.4, 0.5) is 0 Å². The lowest BCUT2D eigenvalue weighted by molar-refractivity contribution is -0.114. The van der Waals surface area contributed by atoms with Gasteiger partial charge in [-0.15, -0.1) is 0 Å². The third-order valence-corrected chi connectivity index (χ3v) is 1.42. The zero-order chi connectivity index (χ0) is 8.27. The van der Waals surface area contributed by atoms with Crippen LogP contribution in [-0.2, 0) is 9.59 Å². The van der Waals surface area contributed by atoms with Gasteiger partial charge in [-0.1, -0.05) is 6.08 Å². The van der Waals surface area contributed by atoms with Gasteiger partial charge in [0.05, 0.1) is 0 Å². The van der Waals surface area contributed by atoms with Crippen LogP contribution in [-0.4, -0.2) is 11.8 Å². The van der Waals surface area contributed by atoms with Crippen molar-refractivity contribution in [2.45, 2.75) is 6.42 Å². The van der Waals surface area contributed by atoms with Crippen LogP contribution in [0.1, 0.15) is 6.42 Å². The van der Waals surface area contributed by atoms with E-state index >= 15 is 0 Å². The number of carbonyl (C=O) groups is 1. The fraction of sp³-hybridized carbons (Fsp3) is 0.125. The first-order chi connectivity index (χ1) is 5.24. The van der Waals surface area contributed by atoms with Gasteiger partial charge in [0.25, 0.3) is 0 Å². The van der Waals surface area contributed by atoms with Gasteiger partial charge in [-0.05, 0) is 12.2 Å². The number of carbonyl (C=O) groups excluding carboxylic acids is 2. The minimum absolute atomic E-state index is 0.443. The molecule has 3 heteroatoms. The van der Waals surface area contributed by atoms with Crippen LogP contribution in [0.25, 0.3) is 0 Å². The first kappa shape index (κ1) is 7.51. The molecule has 2 N–H and O–H groups in total. The molecule has 0 bridgehead atoms. The number of allylic oxidation sites excluding steroid dienone is 3. The predicted molar refractivity (Wildman–Crippen MR) is 40.2 cm³/mol. The molecule has 3 nitrogen and oxygen atoms in total. The SMILES string of the molecule is NC(=O)C1=CCC(=C=O)C=C1. The monoisotopic (exact) mass is 149 g/mol. The summed E-state index contributed by atoms with van der Waals surface area (Å²) in [6.07, 6.45) is 5.12. The lowest BCUT2D eigenvalue weighted by Crippen LogP contribution is -2.13. The van der Waals surface area contributed by atoms with Crippen LogP contribution < -0.4 is 5.73 Å². The summed E-state index contributed by atoms with van der Waals surface area (Å²) >= 11 is 0. The van der Waals surface area contributed by atoms with E-state index in [1.807, 2.05) is 0 Å². The van der Waals surface area contributed by atoms with Crippen molar-refractivity contribution in [1.29, 1.82) is 0 Å². The summed E-state index contributed by atoms with van der Waals surface area (Å²) in [6.45, 7) is 0. The Balaban J connectivity index is 2.83. The summed E-state index contributed by atoms with van der Waals surface area (Å²) in [5.41, 5.74) is 5.97. The summed E-state index contributed by atoms with van der Waals surface area (Å²) in [5, 5.41) is 0. The Morgan fingerprint density at radius 1 is 1.55 bits per heavy atom. The molecule has 1 aliphatic carbocycles. The van der Waals surface area contributed by atoms with Crippen molar-refractivity contribution in [2.24, 2.45) is 5.73 Å². The number of primary amides is 1. The van der Waals surface area contributed by atoms with Gasteiger partial charge in [0.1, 0.15) is 5.94 Å². The lowest BCUT2D eigenvalue weighted by Gasteiger charge is -2.01. The van der Waals surface area contributed by atoms with E-state index in [0.717, 1.165) is 0 Å². The summed E-state index contributed by atoms with van der Waals surface area (Å²) in [5.74, 6) is 1.28. The van der Waals surface area contributed by atoms with E-state index < -0.39 is 5.91 Å². The van der Waals surface area contributed by atoms with E-state index in [0.29, 0.717) is 17.6 Å². The van der Waals surface area contributed by atoms with Crippen molar-refractivity contribution in [3.05, 3.63) is 29.4 Å². The Morgan fingerprint density at radius 2 is 2.27 bits per heavy atom. The van der Waals surface area contributed by atoms with Crippen LogP contribution in [0.5, 0.6) is 0 Å². The molecule has 1 amide bonds. The van der Waals surface area contributed by atoms with E-state index in [-0.39, 0.29) is 0 Å². The quantitative estimate of drug-likeness (QED) is 0.538. The molecule has 0 aromatic heterocycles. The first-order valence-electron chi connectivity index (χ1n) is 3.16. The van der Waals surface area contributed by atoms with Crippen LogP contribution in [0.3, 0.4) is 0 Å². The molecule has 0 aromatic carbocycles. The Morgan fingerprint density at radius 3 is 2.64 bits per heavy atom. The average molecular weight is 149 g/mol. The summed E-state index contributed by atoms with van der Waals surface area (Å²) < 4.78 is 0. The molecular weight excluding hydrogens is 142 g/mol. The number of hydrogen-bond acceptors (Lipinski definition) is 2. The van der Waals surface area contributed by atoms with E-state index in [1.54, 1.807) is 18.1 Å². The highest BCUT2D eigenvalue weighted by Crippen LogP contribution is 2.11. The molecule has 0 atom stereocenters.